The van der Waals surface area contributed by atoms with Gasteiger partial charge in [0.25, 0.3) is 0 Å². The van der Waals surface area contributed by atoms with Crippen LogP contribution in [0.1, 0.15) is 52.9 Å². The van der Waals surface area contributed by atoms with Gasteiger partial charge in [0, 0.05) is 18.7 Å². The highest BCUT2D eigenvalue weighted by atomic mass is 16.5. The fourth-order valence-corrected chi connectivity index (χ4v) is 3.46. The third kappa shape index (κ3) is 3.06. The Kier molecular flexibility index (Phi) is 4.68. The van der Waals surface area contributed by atoms with Crippen LogP contribution < -0.4 is 10.6 Å². The molecule has 0 aromatic carbocycles. The number of rotatable bonds is 5. The minimum atomic E-state index is 0.186. The predicted octanol–water partition coefficient (Wildman–Crippen LogP) is 2.31. The molecule has 0 aliphatic carbocycles. The molecule has 3 nitrogen and oxygen atoms in total. The van der Waals surface area contributed by atoms with Crippen LogP contribution >= 0.6 is 0 Å². The molecule has 106 valence electrons. The minimum Gasteiger partial charge on any atom is -0.377 e. The predicted molar refractivity (Wildman–Crippen MR) is 75.9 cm³/mol. The fraction of sp³-hybridized carbons (Fsp3) is 1.00. The number of ether oxygens (including phenoxy) is 1. The highest BCUT2D eigenvalue weighted by Gasteiger charge is 2.39. The van der Waals surface area contributed by atoms with E-state index in [2.05, 4.69) is 31.4 Å². The van der Waals surface area contributed by atoms with E-state index in [-0.39, 0.29) is 5.54 Å². The van der Waals surface area contributed by atoms with Gasteiger partial charge in [0.05, 0.1) is 6.10 Å². The van der Waals surface area contributed by atoms with E-state index in [1.807, 2.05) is 0 Å². The molecule has 2 unspecified atom stereocenters. The van der Waals surface area contributed by atoms with Crippen LogP contribution in [0.4, 0.5) is 0 Å². The van der Waals surface area contributed by atoms with Gasteiger partial charge in [0.15, 0.2) is 0 Å². The van der Waals surface area contributed by atoms with Crippen molar-refractivity contribution in [2.45, 2.75) is 64.5 Å². The third-order valence-corrected chi connectivity index (χ3v) is 5.20. The van der Waals surface area contributed by atoms with E-state index in [9.17, 15) is 0 Å². The maximum absolute atomic E-state index is 5.73. The average Bonchev–Trinajstić information content (AvgIpc) is 2.70. The van der Waals surface area contributed by atoms with Crippen LogP contribution in [0.25, 0.3) is 0 Å². The molecule has 0 radical (unpaired) electrons. The smallest absolute Gasteiger partial charge is 0.0726 e. The van der Waals surface area contributed by atoms with Crippen molar-refractivity contribution >= 4 is 0 Å². The first-order valence-corrected chi connectivity index (χ1v) is 7.68. The maximum Gasteiger partial charge on any atom is 0.0726 e. The molecule has 0 bridgehead atoms. The van der Waals surface area contributed by atoms with Crippen molar-refractivity contribution in [1.82, 2.24) is 10.6 Å². The van der Waals surface area contributed by atoms with Gasteiger partial charge in [-0.1, -0.05) is 13.3 Å². The molecule has 2 fully saturated rings. The summed E-state index contributed by atoms with van der Waals surface area (Å²) in [6, 6.07) is 0. The molecule has 2 heterocycles. The van der Waals surface area contributed by atoms with E-state index >= 15 is 0 Å². The van der Waals surface area contributed by atoms with Crippen LogP contribution in [-0.2, 0) is 4.74 Å². The van der Waals surface area contributed by atoms with Gasteiger partial charge in [0.1, 0.15) is 0 Å². The summed E-state index contributed by atoms with van der Waals surface area (Å²) in [5.41, 5.74) is 0.705. The molecule has 0 aromatic heterocycles. The lowest BCUT2D eigenvalue weighted by molar-refractivity contribution is 0.0771. The minimum absolute atomic E-state index is 0.186. The Morgan fingerprint density at radius 3 is 2.56 bits per heavy atom. The van der Waals surface area contributed by atoms with Crippen molar-refractivity contribution in [3.8, 4) is 0 Å². The molecule has 18 heavy (non-hydrogen) atoms. The molecule has 2 atom stereocenters. The molecule has 2 rings (SSSR count). The van der Waals surface area contributed by atoms with Crippen molar-refractivity contribution in [1.29, 1.82) is 0 Å². The lowest BCUT2D eigenvalue weighted by atomic mass is 9.74. The van der Waals surface area contributed by atoms with Crippen LogP contribution in [0, 0.1) is 5.41 Å². The summed E-state index contributed by atoms with van der Waals surface area (Å²) in [6.07, 6.45) is 6.78. The van der Waals surface area contributed by atoms with Gasteiger partial charge in [-0.15, -0.1) is 0 Å². The van der Waals surface area contributed by atoms with E-state index in [0.29, 0.717) is 11.5 Å². The van der Waals surface area contributed by atoms with Crippen molar-refractivity contribution in [2.75, 3.05) is 26.2 Å². The maximum atomic E-state index is 5.73. The number of nitrogens with one attached hydrogen (secondary N) is 2. The van der Waals surface area contributed by atoms with Gasteiger partial charge in [0.2, 0.25) is 0 Å². The van der Waals surface area contributed by atoms with E-state index in [0.717, 1.165) is 19.6 Å². The summed E-state index contributed by atoms with van der Waals surface area (Å²) < 4.78 is 5.73. The van der Waals surface area contributed by atoms with E-state index in [1.54, 1.807) is 0 Å². The first kappa shape index (κ1) is 14.3. The summed E-state index contributed by atoms with van der Waals surface area (Å²) in [7, 11) is 0. The Morgan fingerprint density at radius 1 is 1.28 bits per heavy atom. The van der Waals surface area contributed by atoms with Gasteiger partial charge < -0.3 is 15.4 Å². The Bertz CT molecular complexity index is 258. The molecule has 2 aliphatic heterocycles. The monoisotopic (exact) mass is 254 g/mol. The van der Waals surface area contributed by atoms with Crippen LogP contribution in [-0.4, -0.2) is 37.9 Å². The van der Waals surface area contributed by atoms with Gasteiger partial charge in [-0.05, 0) is 58.0 Å². The van der Waals surface area contributed by atoms with E-state index < -0.39 is 0 Å². The third-order valence-electron chi connectivity index (χ3n) is 5.20. The summed E-state index contributed by atoms with van der Waals surface area (Å²) in [6.45, 7) is 11.3. The molecule has 3 heteroatoms. The summed E-state index contributed by atoms with van der Waals surface area (Å²) in [4.78, 5) is 0. The number of hydrogen-bond donors (Lipinski definition) is 2. The van der Waals surface area contributed by atoms with E-state index in [1.165, 1.54) is 38.8 Å². The fourth-order valence-electron chi connectivity index (χ4n) is 3.46. The molecule has 2 aliphatic rings. The van der Waals surface area contributed by atoms with Crippen LogP contribution in [0.5, 0.6) is 0 Å². The quantitative estimate of drug-likeness (QED) is 0.790. The zero-order chi connectivity index (χ0) is 13.1. The Balaban J connectivity index is 1.92. The molecule has 2 saturated heterocycles. The average molecular weight is 254 g/mol. The van der Waals surface area contributed by atoms with Crippen LogP contribution in [0.3, 0.4) is 0 Å². The van der Waals surface area contributed by atoms with Gasteiger partial charge >= 0.3 is 0 Å². The van der Waals surface area contributed by atoms with Gasteiger partial charge in [-0.3, -0.25) is 0 Å². The summed E-state index contributed by atoms with van der Waals surface area (Å²) >= 11 is 0. The second-order valence-electron chi connectivity index (χ2n) is 6.53. The van der Waals surface area contributed by atoms with Crippen molar-refractivity contribution in [3.05, 3.63) is 0 Å². The Labute approximate surface area is 112 Å². The topological polar surface area (TPSA) is 33.3 Å². The lowest BCUT2D eigenvalue weighted by Gasteiger charge is -2.41. The first-order chi connectivity index (χ1) is 8.60. The van der Waals surface area contributed by atoms with Crippen molar-refractivity contribution in [3.63, 3.8) is 0 Å². The number of hydrogen-bond acceptors (Lipinski definition) is 3. The summed E-state index contributed by atoms with van der Waals surface area (Å²) in [5.74, 6) is 0. The molecular formula is C15H30N2O. The molecule has 0 aromatic rings. The first-order valence-electron chi connectivity index (χ1n) is 7.68. The zero-order valence-corrected chi connectivity index (χ0v) is 12.3. The SMILES string of the molecule is CCCC1(CNC2(C)CCOC2C)CCNCC1. The van der Waals surface area contributed by atoms with Crippen LogP contribution in [0.2, 0.25) is 0 Å². The standard InChI is InChI=1S/C15H30N2O/c1-4-5-15(6-9-16-10-7-15)12-17-14(3)8-11-18-13(14)2/h13,16-17H,4-12H2,1-3H3. The Morgan fingerprint density at radius 2 is 2.00 bits per heavy atom. The highest BCUT2D eigenvalue weighted by molar-refractivity contribution is 4.96. The Hall–Kier alpha value is -0.120. The molecule has 0 amide bonds. The molecule has 2 N–H and O–H groups in total. The second-order valence-corrected chi connectivity index (χ2v) is 6.53. The molecule has 0 spiro atoms. The molecular weight excluding hydrogens is 224 g/mol. The molecule has 0 saturated carbocycles. The zero-order valence-electron chi connectivity index (χ0n) is 12.3. The van der Waals surface area contributed by atoms with Crippen molar-refractivity contribution in [2.24, 2.45) is 5.41 Å². The largest absolute Gasteiger partial charge is 0.377 e. The van der Waals surface area contributed by atoms with Crippen molar-refractivity contribution < 1.29 is 4.74 Å². The van der Waals surface area contributed by atoms with Crippen LogP contribution in [0.15, 0.2) is 0 Å². The van der Waals surface area contributed by atoms with Gasteiger partial charge in [-0.25, -0.2) is 0 Å². The number of piperidine rings is 1. The summed E-state index contributed by atoms with van der Waals surface area (Å²) in [5, 5.41) is 7.34. The highest BCUT2D eigenvalue weighted by Crippen LogP contribution is 2.35. The van der Waals surface area contributed by atoms with E-state index in [4.69, 9.17) is 4.74 Å². The normalized spacial score (nSPS) is 35.8. The second kappa shape index (κ2) is 5.89. The lowest BCUT2D eigenvalue weighted by Crippen LogP contribution is -2.53. The van der Waals surface area contributed by atoms with Gasteiger partial charge in [-0.2, -0.15) is 0 Å².